The normalized spacial score (nSPS) is 15.4. The van der Waals surface area contributed by atoms with Crippen molar-refractivity contribution >= 4 is 11.8 Å². The van der Waals surface area contributed by atoms with Crippen molar-refractivity contribution in [1.29, 1.82) is 0 Å². The molecule has 0 saturated carbocycles. The minimum atomic E-state index is -0.0360. The predicted molar refractivity (Wildman–Crippen MR) is 112 cm³/mol. The second kappa shape index (κ2) is 9.89. The van der Waals surface area contributed by atoms with Crippen LogP contribution in [0.3, 0.4) is 0 Å². The summed E-state index contributed by atoms with van der Waals surface area (Å²) in [4.78, 5) is 16.8. The number of nitrogens with zero attached hydrogens (tertiary/aromatic N) is 3. The average Bonchev–Trinajstić information content (AvgIpc) is 3.16. The predicted octanol–water partition coefficient (Wildman–Crippen LogP) is 3.26. The smallest absolute Gasteiger partial charge is 0.249 e. The van der Waals surface area contributed by atoms with Crippen LogP contribution >= 0.6 is 0 Å². The summed E-state index contributed by atoms with van der Waals surface area (Å²) >= 11 is 0. The van der Waals surface area contributed by atoms with Crippen LogP contribution in [0.2, 0.25) is 0 Å². The highest BCUT2D eigenvalue weighted by Gasteiger charge is 2.28. The third-order valence-corrected chi connectivity index (χ3v) is 5.40. The number of benzene rings is 1. The largest absolute Gasteiger partial charge is 0.378 e. The minimum absolute atomic E-state index is 0.0360. The lowest BCUT2D eigenvalue weighted by Crippen LogP contribution is -2.41. The van der Waals surface area contributed by atoms with Crippen molar-refractivity contribution in [2.75, 3.05) is 44.9 Å². The first-order chi connectivity index (χ1) is 14.0. The average molecular weight is 402 g/mol. The number of ether oxygens (including phenoxy) is 2. The van der Waals surface area contributed by atoms with Crippen molar-refractivity contribution in [1.82, 2.24) is 10.1 Å². The summed E-state index contributed by atoms with van der Waals surface area (Å²) in [5.74, 6) is 0.689. The number of aryl methyl sites for hydroxylation is 1. The van der Waals surface area contributed by atoms with Gasteiger partial charge in [-0.05, 0) is 26.3 Å². The van der Waals surface area contributed by atoms with E-state index in [1.54, 1.807) is 7.11 Å². The number of morpholine rings is 1. The molecule has 1 aliphatic heterocycles. The van der Waals surface area contributed by atoms with Gasteiger partial charge in [0.1, 0.15) is 12.3 Å². The van der Waals surface area contributed by atoms with Crippen LogP contribution in [0, 0.1) is 6.92 Å². The Labute approximate surface area is 172 Å². The maximum atomic E-state index is 12.8. The summed E-state index contributed by atoms with van der Waals surface area (Å²) in [6.07, 6.45) is 0.855. The van der Waals surface area contributed by atoms with Gasteiger partial charge in [-0.25, -0.2) is 0 Å². The maximum Gasteiger partial charge on any atom is 0.249 e. The first kappa shape index (κ1) is 21.3. The van der Waals surface area contributed by atoms with Crippen molar-refractivity contribution in [3.8, 4) is 11.3 Å². The van der Waals surface area contributed by atoms with Crippen molar-refractivity contribution in [2.24, 2.45) is 0 Å². The standard InChI is InChI=1S/C22H31N3O4/c1-5-17(3)25(20(26)15-27-4)14-19-21(18-8-6-7-16(2)13-18)23-29-22(19)24-9-11-28-12-10-24/h6-8,13,17H,5,9-12,14-15H2,1-4H3. The molecule has 1 unspecified atom stereocenters. The number of methoxy groups -OCH3 is 1. The molecule has 7 heteroatoms. The SMILES string of the molecule is CCC(C)N(Cc1c(-c2cccc(C)c2)noc1N1CCOCC1)C(=O)COC. The van der Waals surface area contributed by atoms with Crippen LogP contribution in [-0.4, -0.2) is 62.0 Å². The Bertz CT molecular complexity index is 814. The maximum absolute atomic E-state index is 12.8. The molecule has 0 N–H and O–H groups in total. The summed E-state index contributed by atoms with van der Waals surface area (Å²) in [6.45, 7) is 9.46. The van der Waals surface area contributed by atoms with Crippen molar-refractivity contribution < 1.29 is 18.8 Å². The second-order valence-electron chi connectivity index (χ2n) is 7.50. The highest BCUT2D eigenvalue weighted by molar-refractivity contribution is 5.78. The number of hydrogen-bond acceptors (Lipinski definition) is 6. The topological polar surface area (TPSA) is 68.0 Å². The van der Waals surface area contributed by atoms with Crippen LogP contribution in [0.4, 0.5) is 5.88 Å². The summed E-state index contributed by atoms with van der Waals surface area (Å²) in [7, 11) is 1.55. The molecule has 7 nitrogen and oxygen atoms in total. The Balaban J connectivity index is 2.02. The Hall–Kier alpha value is -2.38. The van der Waals surface area contributed by atoms with E-state index >= 15 is 0 Å². The summed E-state index contributed by atoms with van der Waals surface area (Å²) in [6, 6.07) is 8.27. The molecule has 158 valence electrons. The lowest BCUT2D eigenvalue weighted by Gasteiger charge is -2.31. The fourth-order valence-corrected chi connectivity index (χ4v) is 3.56. The molecule has 2 heterocycles. The van der Waals surface area contributed by atoms with Gasteiger partial charge in [-0.15, -0.1) is 0 Å². The Morgan fingerprint density at radius 2 is 2.10 bits per heavy atom. The zero-order chi connectivity index (χ0) is 20.8. The van der Waals surface area contributed by atoms with E-state index in [0.29, 0.717) is 19.8 Å². The van der Waals surface area contributed by atoms with Gasteiger partial charge in [-0.2, -0.15) is 0 Å². The first-order valence-electron chi connectivity index (χ1n) is 10.2. The molecule has 1 fully saturated rings. The van der Waals surface area contributed by atoms with Gasteiger partial charge in [0.2, 0.25) is 11.8 Å². The number of amides is 1. The van der Waals surface area contributed by atoms with Gasteiger partial charge in [0.15, 0.2) is 0 Å². The van der Waals surface area contributed by atoms with E-state index in [1.165, 1.54) is 0 Å². The molecule has 0 radical (unpaired) electrons. The molecule has 0 spiro atoms. The minimum Gasteiger partial charge on any atom is -0.378 e. The number of hydrogen-bond donors (Lipinski definition) is 0. The van der Waals surface area contributed by atoms with E-state index in [0.717, 1.165) is 47.8 Å². The number of aromatic nitrogens is 1. The van der Waals surface area contributed by atoms with Crippen LogP contribution in [0.5, 0.6) is 0 Å². The van der Waals surface area contributed by atoms with Crippen molar-refractivity contribution in [3.05, 3.63) is 35.4 Å². The third-order valence-electron chi connectivity index (χ3n) is 5.40. The molecule has 1 saturated heterocycles. The summed E-state index contributed by atoms with van der Waals surface area (Å²) in [5.41, 5.74) is 3.86. The highest BCUT2D eigenvalue weighted by Crippen LogP contribution is 2.34. The number of rotatable bonds is 8. The van der Waals surface area contributed by atoms with E-state index < -0.39 is 0 Å². The lowest BCUT2D eigenvalue weighted by molar-refractivity contribution is -0.138. The first-order valence-corrected chi connectivity index (χ1v) is 10.2. The number of carbonyl (C=O) groups excluding carboxylic acids is 1. The molecule has 1 aliphatic rings. The highest BCUT2D eigenvalue weighted by atomic mass is 16.5. The van der Waals surface area contributed by atoms with Gasteiger partial charge < -0.3 is 23.8 Å². The fourth-order valence-electron chi connectivity index (χ4n) is 3.56. The van der Waals surface area contributed by atoms with Crippen LogP contribution < -0.4 is 4.90 Å². The molecule has 1 aromatic heterocycles. The summed E-state index contributed by atoms with van der Waals surface area (Å²) in [5, 5.41) is 4.42. The van der Waals surface area contributed by atoms with Gasteiger partial charge in [-0.3, -0.25) is 4.79 Å². The van der Waals surface area contributed by atoms with Crippen molar-refractivity contribution in [3.63, 3.8) is 0 Å². The van der Waals surface area contributed by atoms with Gasteiger partial charge in [0.25, 0.3) is 0 Å². The number of carbonyl (C=O) groups is 1. The van der Waals surface area contributed by atoms with E-state index in [1.807, 2.05) is 17.0 Å². The third kappa shape index (κ3) is 4.97. The van der Waals surface area contributed by atoms with Gasteiger partial charge in [0, 0.05) is 31.8 Å². The molecular weight excluding hydrogens is 370 g/mol. The van der Waals surface area contributed by atoms with Crippen LogP contribution in [-0.2, 0) is 20.8 Å². The Kier molecular flexibility index (Phi) is 7.28. The monoisotopic (exact) mass is 401 g/mol. The second-order valence-corrected chi connectivity index (χ2v) is 7.50. The molecule has 0 bridgehead atoms. The van der Waals surface area contributed by atoms with Crippen LogP contribution in [0.1, 0.15) is 31.4 Å². The zero-order valence-electron chi connectivity index (χ0n) is 17.8. The molecule has 1 aromatic carbocycles. The van der Waals surface area contributed by atoms with E-state index in [4.69, 9.17) is 14.0 Å². The molecule has 29 heavy (non-hydrogen) atoms. The Morgan fingerprint density at radius 3 is 2.76 bits per heavy atom. The number of anilines is 1. The molecule has 1 atom stereocenters. The molecule has 0 aliphatic carbocycles. The lowest BCUT2D eigenvalue weighted by atomic mass is 10.0. The fraction of sp³-hybridized carbons (Fsp3) is 0.545. The molecule has 3 rings (SSSR count). The van der Waals surface area contributed by atoms with Gasteiger partial charge >= 0.3 is 0 Å². The molecule has 2 aromatic rings. The zero-order valence-corrected chi connectivity index (χ0v) is 17.8. The van der Waals surface area contributed by atoms with Gasteiger partial charge in [0.05, 0.1) is 25.3 Å². The van der Waals surface area contributed by atoms with E-state index in [9.17, 15) is 4.79 Å². The summed E-state index contributed by atoms with van der Waals surface area (Å²) < 4.78 is 16.4. The van der Waals surface area contributed by atoms with Crippen molar-refractivity contribution in [2.45, 2.75) is 39.8 Å². The molecule has 1 amide bonds. The van der Waals surface area contributed by atoms with E-state index in [2.05, 4.69) is 43.0 Å². The van der Waals surface area contributed by atoms with Crippen LogP contribution in [0.25, 0.3) is 11.3 Å². The van der Waals surface area contributed by atoms with Crippen LogP contribution in [0.15, 0.2) is 28.8 Å². The quantitative estimate of drug-likeness (QED) is 0.676. The molecular formula is C22H31N3O4. The Morgan fingerprint density at radius 1 is 1.34 bits per heavy atom. The van der Waals surface area contributed by atoms with Gasteiger partial charge in [-0.1, -0.05) is 35.8 Å². The van der Waals surface area contributed by atoms with E-state index in [-0.39, 0.29) is 18.6 Å².